The summed E-state index contributed by atoms with van der Waals surface area (Å²) >= 11 is 11.8. The lowest BCUT2D eigenvalue weighted by Crippen LogP contribution is -2.17. The fraction of sp³-hybridized carbons (Fsp3) is 0.0952. The van der Waals surface area contributed by atoms with Crippen LogP contribution in [0.5, 0.6) is 0 Å². The van der Waals surface area contributed by atoms with Crippen molar-refractivity contribution < 1.29 is 14.7 Å². The van der Waals surface area contributed by atoms with E-state index < -0.39 is 5.97 Å². The molecule has 2 N–H and O–H groups in total. The second-order valence-corrected chi connectivity index (χ2v) is 7.18. The summed E-state index contributed by atoms with van der Waals surface area (Å²) in [5.41, 5.74) is 6.13. The number of aromatic nitrogens is 1. The van der Waals surface area contributed by atoms with Crippen molar-refractivity contribution >= 4 is 41.3 Å². The van der Waals surface area contributed by atoms with Crippen LogP contribution in [0.25, 0.3) is 5.69 Å². The van der Waals surface area contributed by atoms with Gasteiger partial charge in [0.25, 0.3) is 5.91 Å². The Kier molecular flexibility index (Phi) is 6.06. The summed E-state index contributed by atoms with van der Waals surface area (Å²) in [6.07, 6.45) is 1.54. The first-order valence-electron chi connectivity index (χ1n) is 8.59. The maximum Gasteiger partial charge on any atom is 0.337 e. The van der Waals surface area contributed by atoms with E-state index >= 15 is 0 Å². The Hall–Kier alpha value is -3.09. The van der Waals surface area contributed by atoms with Crippen molar-refractivity contribution in [2.45, 2.75) is 13.8 Å². The van der Waals surface area contributed by atoms with Crippen molar-refractivity contribution in [3.63, 3.8) is 0 Å². The van der Waals surface area contributed by atoms with Crippen molar-refractivity contribution in [1.82, 2.24) is 9.99 Å². The van der Waals surface area contributed by atoms with E-state index in [1.54, 1.807) is 42.6 Å². The highest BCUT2D eigenvalue weighted by atomic mass is 35.5. The third-order valence-electron chi connectivity index (χ3n) is 4.38. The van der Waals surface area contributed by atoms with Crippen molar-refractivity contribution in [3.8, 4) is 5.69 Å². The van der Waals surface area contributed by atoms with Crippen LogP contribution in [0.15, 0.2) is 53.6 Å². The second-order valence-electron chi connectivity index (χ2n) is 6.34. The van der Waals surface area contributed by atoms with Crippen LogP contribution in [-0.2, 0) is 0 Å². The molecule has 1 aromatic heterocycles. The van der Waals surface area contributed by atoms with Gasteiger partial charge in [0.1, 0.15) is 0 Å². The van der Waals surface area contributed by atoms with E-state index in [2.05, 4.69) is 10.5 Å². The summed E-state index contributed by atoms with van der Waals surface area (Å²) in [6.45, 7) is 3.77. The maximum absolute atomic E-state index is 12.1. The highest BCUT2D eigenvalue weighted by Gasteiger charge is 2.14. The van der Waals surface area contributed by atoms with Gasteiger partial charge in [-0.15, -0.1) is 0 Å². The molecule has 0 aliphatic rings. The normalized spacial score (nSPS) is 11.0. The van der Waals surface area contributed by atoms with E-state index in [1.165, 1.54) is 6.07 Å². The molecule has 6 nitrogen and oxygen atoms in total. The number of hydrogen-bond acceptors (Lipinski definition) is 3. The predicted octanol–water partition coefficient (Wildman–Crippen LogP) is 4.86. The van der Waals surface area contributed by atoms with E-state index in [0.717, 1.165) is 17.0 Å². The molecule has 0 aliphatic heterocycles. The summed E-state index contributed by atoms with van der Waals surface area (Å²) in [5, 5.41) is 14.0. The van der Waals surface area contributed by atoms with Gasteiger partial charge in [0, 0.05) is 33.2 Å². The monoisotopic (exact) mass is 429 g/mol. The minimum Gasteiger partial charge on any atom is -0.478 e. The minimum absolute atomic E-state index is 0.0297. The topological polar surface area (TPSA) is 83.7 Å². The maximum atomic E-state index is 12.1. The molecule has 29 heavy (non-hydrogen) atoms. The van der Waals surface area contributed by atoms with Crippen LogP contribution in [-0.4, -0.2) is 27.8 Å². The van der Waals surface area contributed by atoms with Crippen LogP contribution < -0.4 is 5.43 Å². The Balaban J connectivity index is 1.83. The number of nitrogens with zero attached hydrogens (tertiary/aromatic N) is 2. The first-order valence-corrected chi connectivity index (χ1v) is 9.34. The van der Waals surface area contributed by atoms with E-state index in [-0.39, 0.29) is 16.5 Å². The summed E-state index contributed by atoms with van der Waals surface area (Å²) < 4.78 is 1.89. The number of carboxylic acid groups (broad SMARTS) is 1. The molecular formula is C21H17Cl2N3O3. The molecule has 2 aromatic carbocycles. The van der Waals surface area contributed by atoms with E-state index in [9.17, 15) is 14.7 Å². The Morgan fingerprint density at radius 1 is 1.07 bits per heavy atom. The third kappa shape index (κ3) is 4.50. The molecule has 0 aliphatic carbocycles. The molecular weight excluding hydrogens is 413 g/mol. The zero-order valence-electron chi connectivity index (χ0n) is 15.6. The average Bonchev–Trinajstić information content (AvgIpc) is 2.96. The standard InChI is InChI=1S/C21H17Cl2N3O3/c1-12-9-15(11-24-25-20(27)14-3-5-16(22)6-4-14)13(2)26(12)17-7-8-19(23)18(10-17)21(28)29/h3-11H,1-2H3,(H,25,27)(H,28,29)/b24-11-. The summed E-state index contributed by atoms with van der Waals surface area (Å²) in [5.74, 6) is -1.44. The van der Waals surface area contributed by atoms with Crippen LogP contribution in [0.4, 0.5) is 0 Å². The summed E-state index contributed by atoms with van der Waals surface area (Å²) in [7, 11) is 0. The molecule has 3 aromatic rings. The second kappa shape index (κ2) is 8.51. The number of carboxylic acids is 1. The number of hydrogen-bond donors (Lipinski definition) is 2. The number of aryl methyl sites for hydroxylation is 1. The number of carbonyl (C=O) groups is 2. The Bertz CT molecular complexity index is 1120. The smallest absolute Gasteiger partial charge is 0.337 e. The summed E-state index contributed by atoms with van der Waals surface area (Å²) in [4.78, 5) is 23.5. The van der Waals surface area contributed by atoms with Crippen LogP contribution in [0.2, 0.25) is 10.0 Å². The van der Waals surface area contributed by atoms with Crippen LogP contribution >= 0.6 is 23.2 Å². The van der Waals surface area contributed by atoms with Crippen molar-refractivity contribution in [2.24, 2.45) is 5.10 Å². The number of rotatable bonds is 5. The zero-order chi connectivity index (χ0) is 21.1. The largest absolute Gasteiger partial charge is 0.478 e. The first kappa shape index (κ1) is 20.6. The SMILES string of the molecule is Cc1cc(/C=N\NC(=O)c2ccc(Cl)cc2)c(C)n1-c1ccc(Cl)c(C(=O)O)c1. The fourth-order valence-corrected chi connectivity index (χ4v) is 3.28. The number of amides is 1. The number of aromatic carboxylic acids is 1. The van der Waals surface area contributed by atoms with Gasteiger partial charge < -0.3 is 9.67 Å². The summed E-state index contributed by atoms with van der Waals surface area (Å²) in [6, 6.07) is 13.2. The van der Waals surface area contributed by atoms with Gasteiger partial charge in [-0.3, -0.25) is 4.79 Å². The molecule has 0 saturated heterocycles. The molecule has 0 bridgehead atoms. The molecule has 0 unspecified atom stereocenters. The lowest BCUT2D eigenvalue weighted by atomic mass is 10.2. The quantitative estimate of drug-likeness (QED) is 0.448. The van der Waals surface area contributed by atoms with Crippen molar-refractivity contribution in [2.75, 3.05) is 0 Å². The minimum atomic E-state index is -1.09. The number of nitrogens with one attached hydrogen (secondary N) is 1. The van der Waals surface area contributed by atoms with Gasteiger partial charge in [-0.1, -0.05) is 23.2 Å². The Morgan fingerprint density at radius 2 is 1.76 bits per heavy atom. The van der Waals surface area contributed by atoms with E-state index in [4.69, 9.17) is 23.2 Å². The van der Waals surface area contributed by atoms with E-state index in [0.29, 0.717) is 16.3 Å². The highest BCUT2D eigenvalue weighted by molar-refractivity contribution is 6.33. The molecule has 3 rings (SSSR count). The molecule has 8 heteroatoms. The highest BCUT2D eigenvalue weighted by Crippen LogP contribution is 2.24. The number of hydrazone groups is 1. The Morgan fingerprint density at radius 3 is 2.41 bits per heavy atom. The zero-order valence-corrected chi connectivity index (χ0v) is 17.1. The van der Waals surface area contributed by atoms with Gasteiger partial charge >= 0.3 is 5.97 Å². The molecule has 1 amide bonds. The molecule has 148 valence electrons. The van der Waals surface area contributed by atoms with Crippen molar-refractivity contribution in [1.29, 1.82) is 0 Å². The molecule has 0 spiro atoms. The molecule has 1 heterocycles. The third-order valence-corrected chi connectivity index (χ3v) is 4.97. The van der Waals surface area contributed by atoms with Crippen LogP contribution in [0.3, 0.4) is 0 Å². The van der Waals surface area contributed by atoms with Gasteiger partial charge in [0.15, 0.2) is 0 Å². The van der Waals surface area contributed by atoms with Gasteiger partial charge in [0.05, 0.1) is 16.8 Å². The lowest BCUT2D eigenvalue weighted by Gasteiger charge is -2.11. The number of carbonyl (C=O) groups excluding carboxylic acids is 1. The lowest BCUT2D eigenvalue weighted by molar-refractivity contribution is 0.0696. The fourth-order valence-electron chi connectivity index (χ4n) is 2.96. The van der Waals surface area contributed by atoms with Gasteiger partial charge in [-0.2, -0.15) is 5.10 Å². The van der Waals surface area contributed by atoms with Crippen LogP contribution in [0, 0.1) is 13.8 Å². The van der Waals surface area contributed by atoms with Gasteiger partial charge in [-0.05, 0) is 62.4 Å². The predicted molar refractivity (Wildman–Crippen MR) is 114 cm³/mol. The number of halogens is 2. The molecule has 0 atom stereocenters. The van der Waals surface area contributed by atoms with Gasteiger partial charge in [0.2, 0.25) is 0 Å². The molecule has 0 saturated carbocycles. The Labute approximate surface area is 177 Å². The molecule has 0 fully saturated rings. The van der Waals surface area contributed by atoms with Crippen LogP contribution in [0.1, 0.15) is 37.7 Å². The van der Waals surface area contributed by atoms with E-state index in [1.807, 2.05) is 24.5 Å². The average molecular weight is 430 g/mol. The number of benzene rings is 2. The first-order chi connectivity index (χ1) is 13.8. The van der Waals surface area contributed by atoms with Crippen molar-refractivity contribution in [3.05, 3.63) is 86.7 Å². The molecule has 0 radical (unpaired) electrons. The van der Waals surface area contributed by atoms with Gasteiger partial charge in [-0.25, -0.2) is 10.2 Å².